The van der Waals surface area contributed by atoms with Gasteiger partial charge < -0.3 is 15.7 Å². The number of nitrogens with two attached hydrogens (primary N) is 1. The number of hydrogen-bond donors (Lipinski definition) is 2. The fraction of sp³-hybridized carbons (Fsp3) is 0.125. The number of phenolic OH excluding ortho intramolecular Hbond substituents is 1. The third kappa shape index (κ3) is 2.86. The molecule has 0 spiro atoms. The zero-order valence-electron chi connectivity index (χ0n) is 11.8. The van der Waals surface area contributed by atoms with Gasteiger partial charge in [0.15, 0.2) is 0 Å². The highest BCUT2D eigenvalue weighted by atomic mass is 16.5. The van der Waals surface area contributed by atoms with Gasteiger partial charge in [0.1, 0.15) is 17.0 Å². The van der Waals surface area contributed by atoms with Crippen LogP contribution < -0.4 is 5.84 Å². The zero-order valence-corrected chi connectivity index (χ0v) is 11.8. The summed E-state index contributed by atoms with van der Waals surface area (Å²) in [7, 11) is 1.26. The number of ether oxygens (including phenoxy) is 1. The number of carbonyl (C=O) groups excluding carboxylic acids is 1. The number of carbonyl (C=O) groups is 1. The van der Waals surface area contributed by atoms with Gasteiger partial charge in [-0.25, -0.2) is 4.79 Å². The highest BCUT2D eigenvalue weighted by molar-refractivity contribution is 6.15. The molecular formula is C16H16N2O3. The molecule has 0 fully saturated rings. The molecule has 0 aromatic heterocycles. The Hall–Kier alpha value is -2.82. The molecule has 0 heterocycles. The summed E-state index contributed by atoms with van der Waals surface area (Å²) < 4.78 is 4.64. The highest BCUT2D eigenvalue weighted by Gasteiger charge is 2.18. The van der Waals surface area contributed by atoms with Crippen LogP contribution in [0.4, 0.5) is 0 Å². The largest absolute Gasteiger partial charge is 0.506 e. The number of aryl methyl sites for hydroxylation is 1. The molecule has 3 N–H and O–H groups in total. The van der Waals surface area contributed by atoms with E-state index in [9.17, 15) is 9.90 Å². The minimum Gasteiger partial charge on any atom is -0.506 e. The van der Waals surface area contributed by atoms with Gasteiger partial charge in [-0.05, 0) is 19.1 Å². The molecule has 0 radical (unpaired) electrons. The SMILES string of the molecule is COC(=O)c1cccc(C(=NN)c2ccc(C)cc2)c1O. The summed E-state index contributed by atoms with van der Waals surface area (Å²) in [5.74, 6) is 4.65. The van der Waals surface area contributed by atoms with Crippen molar-refractivity contribution >= 4 is 11.7 Å². The average molecular weight is 284 g/mol. The third-order valence-corrected chi connectivity index (χ3v) is 3.15. The van der Waals surface area contributed by atoms with Gasteiger partial charge in [0.05, 0.1) is 7.11 Å². The van der Waals surface area contributed by atoms with Crippen molar-refractivity contribution in [1.29, 1.82) is 0 Å². The molecule has 2 aromatic carbocycles. The van der Waals surface area contributed by atoms with E-state index >= 15 is 0 Å². The fourth-order valence-corrected chi connectivity index (χ4v) is 2.02. The van der Waals surface area contributed by atoms with Crippen molar-refractivity contribution in [3.63, 3.8) is 0 Å². The number of benzene rings is 2. The zero-order chi connectivity index (χ0) is 15.4. The second-order valence-electron chi connectivity index (χ2n) is 4.54. The van der Waals surface area contributed by atoms with Crippen LogP contribution in [0.25, 0.3) is 0 Å². The first-order valence-corrected chi connectivity index (χ1v) is 6.34. The highest BCUT2D eigenvalue weighted by Crippen LogP contribution is 2.26. The first-order chi connectivity index (χ1) is 10.1. The van der Waals surface area contributed by atoms with E-state index in [1.807, 2.05) is 31.2 Å². The molecule has 5 nitrogen and oxygen atoms in total. The molecule has 0 bridgehead atoms. The Kier molecular flexibility index (Phi) is 4.23. The first kappa shape index (κ1) is 14.6. The van der Waals surface area contributed by atoms with Crippen LogP contribution in [0, 0.1) is 6.92 Å². The summed E-state index contributed by atoms with van der Waals surface area (Å²) >= 11 is 0. The Labute approximate surface area is 122 Å². The lowest BCUT2D eigenvalue weighted by Crippen LogP contribution is -2.10. The maximum atomic E-state index is 11.6. The van der Waals surface area contributed by atoms with Crippen molar-refractivity contribution < 1.29 is 14.6 Å². The van der Waals surface area contributed by atoms with Gasteiger partial charge in [0.2, 0.25) is 0 Å². The Balaban J connectivity index is 2.54. The van der Waals surface area contributed by atoms with E-state index in [4.69, 9.17) is 5.84 Å². The standard InChI is InChI=1S/C16H16N2O3/c1-10-6-8-11(9-7-10)14(18-17)12-4-3-5-13(15(12)19)16(20)21-2/h3-9,19H,17H2,1-2H3. The fourth-order valence-electron chi connectivity index (χ4n) is 2.02. The summed E-state index contributed by atoms with van der Waals surface area (Å²) in [5, 5.41) is 14.0. The number of para-hydroxylation sites is 1. The lowest BCUT2D eigenvalue weighted by Gasteiger charge is -2.11. The molecule has 21 heavy (non-hydrogen) atoms. The molecule has 2 rings (SSSR count). The topological polar surface area (TPSA) is 84.9 Å². The maximum Gasteiger partial charge on any atom is 0.341 e. The number of methoxy groups -OCH3 is 1. The van der Waals surface area contributed by atoms with Crippen LogP contribution >= 0.6 is 0 Å². The molecule has 0 aliphatic rings. The summed E-state index contributed by atoms with van der Waals surface area (Å²) in [6, 6.07) is 12.3. The van der Waals surface area contributed by atoms with Gasteiger partial charge in [-0.1, -0.05) is 35.9 Å². The van der Waals surface area contributed by atoms with Crippen molar-refractivity contribution in [2.24, 2.45) is 10.9 Å². The van der Waals surface area contributed by atoms with Gasteiger partial charge in [0, 0.05) is 11.1 Å². The predicted octanol–water partition coefficient (Wildman–Crippen LogP) is 2.20. The summed E-state index contributed by atoms with van der Waals surface area (Å²) in [6.07, 6.45) is 0. The van der Waals surface area contributed by atoms with Crippen LogP contribution in [0.3, 0.4) is 0 Å². The second kappa shape index (κ2) is 6.09. The van der Waals surface area contributed by atoms with Crippen molar-refractivity contribution in [1.82, 2.24) is 0 Å². The summed E-state index contributed by atoms with van der Waals surface area (Å²) in [4.78, 5) is 11.6. The van der Waals surface area contributed by atoms with E-state index in [0.29, 0.717) is 11.3 Å². The number of rotatable bonds is 3. The molecule has 0 saturated carbocycles. The van der Waals surface area contributed by atoms with Crippen LogP contribution in [-0.2, 0) is 4.74 Å². The number of nitrogens with zero attached hydrogens (tertiary/aromatic N) is 1. The van der Waals surface area contributed by atoms with E-state index in [0.717, 1.165) is 11.1 Å². The van der Waals surface area contributed by atoms with Crippen LogP contribution in [0.2, 0.25) is 0 Å². The lowest BCUT2D eigenvalue weighted by molar-refractivity contribution is 0.0597. The Morgan fingerprint density at radius 2 is 1.76 bits per heavy atom. The van der Waals surface area contributed by atoms with Crippen molar-refractivity contribution in [3.8, 4) is 5.75 Å². The summed E-state index contributed by atoms with van der Waals surface area (Å²) in [6.45, 7) is 1.97. The Morgan fingerprint density at radius 1 is 1.14 bits per heavy atom. The van der Waals surface area contributed by atoms with E-state index in [2.05, 4.69) is 9.84 Å². The maximum absolute atomic E-state index is 11.6. The Bertz CT molecular complexity index is 691. The molecule has 0 saturated heterocycles. The third-order valence-electron chi connectivity index (χ3n) is 3.15. The lowest BCUT2D eigenvalue weighted by atomic mass is 9.98. The minimum absolute atomic E-state index is 0.0725. The van der Waals surface area contributed by atoms with Crippen LogP contribution in [0.1, 0.15) is 27.0 Å². The number of esters is 1. The molecule has 0 aliphatic heterocycles. The number of hydrazone groups is 1. The minimum atomic E-state index is -0.616. The average Bonchev–Trinajstić information content (AvgIpc) is 2.50. The van der Waals surface area contributed by atoms with E-state index in [1.165, 1.54) is 13.2 Å². The molecular weight excluding hydrogens is 268 g/mol. The molecule has 5 heteroatoms. The van der Waals surface area contributed by atoms with Crippen LogP contribution in [0.5, 0.6) is 5.75 Å². The smallest absolute Gasteiger partial charge is 0.341 e. The van der Waals surface area contributed by atoms with Crippen molar-refractivity contribution in [2.75, 3.05) is 7.11 Å². The number of phenols is 1. The molecule has 2 aromatic rings. The van der Waals surface area contributed by atoms with Gasteiger partial charge >= 0.3 is 5.97 Å². The van der Waals surface area contributed by atoms with Crippen molar-refractivity contribution in [3.05, 3.63) is 64.7 Å². The number of hydrogen-bond acceptors (Lipinski definition) is 5. The normalized spacial score (nSPS) is 11.2. The molecule has 0 unspecified atom stereocenters. The molecule has 0 atom stereocenters. The number of aromatic hydroxyl groups is 1. The van der Waals surface area contributed by atoms with Crippen molar-refractivity contribution in [2.45, 2.75) is 6.92 Å². The second-order valence-corrected chi connectivity index (χ2v) is 4.54. The van der Waals surface area contributed by atoms with E-state index in [-0.39, 0.29) is 11.3 Å². The van der Waals surface area contributed by atoms with Gasteiger partial charge in [-0.3, -0.25) is 0 Å². The van der Waals surface area contributed by atoms with Gasteiger partial charge in [-0.2, -0.15) is 5.10 Å². The molecule has 0 amide bonds. The summed E-state index contributed by atoms with van der Waals surface area (Å²) in [5.41, 5.74) is 2.70. The van der Waals surface area contributed by atoms with Gasteiger partial charge in [-0.15, -0.1) is 0 Å². The van der Waals surface area contributed by atoms with E-state index < -0.39 is 5.97 Å². The molecule has 108 valence electrons. The molecule has 0 aliphatic carbocycles. The Morgan fingerprint density at radius 3 is 2.33 bits per heavy atom. The van der Waals surface area contributed by atoms with E-state index in [1.54, 1.807) is 12.1 Å². The monoisotopic (exact) mass is 284 g/mol. The van der Waals surface area contributed by atoms with Crippen LogP contribution in [0.15, 0.2) is 47.6 Å². The predicted molar refractivity (Wildman–Crippen MR) is 80.5 cm³/mol. The van der Waals surface area contributed by atoms with Crippen LogP contribution in [-0.4, -0.2) is 23.9 Å². The van der Waals surface area contributed by atoms with Gasteiger partial charge in [0.25, 0.3) is 0 Å². The quantitative estimate of drug-likeness (QED) is 0.391. The first-order valence-electron chi connectivity index (χ1n) is 6.34.